The summed E-state index contributed by atoms with van der Waals surface area (Å²) in [6, 6.07) is 10.4. The first-order chi connectivity index (χ1) is 9.65. The van der Waals surface area contributed by atoms with Crippen LogP contribution in [0.4, 0.5) is 5.69 Å². The average Bonchev–Trinajstić information content (AvgIpc) is 2.93. The van der Waals surface area contributed by atoms with Gasteiger partial charge < -0.3 is 4.90 Å². The lowest BCUT2D eigenvalue weighted by Crippen LogP contribution is -2.31. The number of rotatable bonds is 5. The van der Waals surface area contributed by atoms with Crippen LogP contribution in [0, 0.1) is 6.92 Å². The topological polar surface area (TPSA) is 58.4 Å². The Morgan fingerprint density at radius 3 is 2.60 bits per heavy atom. The summed E-state index contributed by atoms with van der Waals surface area (Å²) < 4.78 is 0. The first-order valence-electron chi connectivity index (χ1n) is 6.54. The van der Waals surface area contributed by atoms with Crippen molar-refractivity contribution in [1.82, 2.24) is 5.43 Å². The van der Waals surface area contributed by atoms with Gasteiger partial charge in [-0.15, -0.1) is 11.3 Å². The second-order valence-corrected chi connectivity index (χ2v) is 5.51. The number of nitrogens with zero attached hydrogens (tertiary/aromatic N) is 1. The standard InChI is InChI=1S/C15H19N3OS/c1-3-18(13-6-4-11(2)5-7-13)10-12-8-9-20-14(12)15(19)17-16/h4-9H,3,10,16H2,1-2H3,(H,17,19). The van der Waals surface area contributed by atoms with Gasteiger partial charge in [0.05, 0.1) is 4.88 Å². The van der Waals surface area contributed by atoms with Crippen LogP contribution in [0.15, 0.2) is 35.7 Å². The molecule has 2 rings (SSSR count). The molecule has 2 aromatic rings. The SMILES string of the molecule is CCN(Cc1ccsc1C(=O)NN)c1ccc(C)cc1. The van der Waals surface area contributed by atoms with E-state index in [4.69, 9.17) is 5.84 Å². The van der Waals surface area contributed by atoms with Crippen molar-refractivity contribution in [2.75, 3.05) is 11.4 Å². The Bertz CT molecular complexity index is 577. The highest BCUT2D eigenvalue weighted by Gasteiger charge is 2.14. The summed E-state index contributed by atoms with van der Waals surface area (Å²) >= 11 is 1.41. The van der Waals surface area contributed by atoms with Crippen molar-refractivity contribution in [1.29, 1.82) is 0 Å². The summed E-state index contributed by atoms with van der Waals surface area (Å²) in [5.74, 6) is 4.99. The molecule has 0 bridgehead atoms. The van der Waals surface area contributed by atoms with Crippen molar-refractivity contribution in [3.63, 3.8) is 0 Å². The third kappa shape index (κ3) is 3.18. The van der Waals surface area contributed by atoms with E-state index in [1.165, 1.54) is 16.9 Å². The van der Waals surface area contributed by atoms with Gasteiger partial charge >= 0.3 is 0 Å². The molecule has 0 saturated heterocycles. The molecule has 106 valence electrons. The number of nitrogens with two attached hydrogens (primary N) is 1. The number of nitrogen functional groups attached to an aromatic ring is 1. The first-order valence-corrected chi connectivity index (χ1v) is 7.42. The van der Waals surface area contributed by atoms with Gasteiger partial charge in [0.1, 0.15) is 0 Å². The van der Waals surface area contributed by atoms with Crippen LogP contribution in [0.1, 0.15) is 27.7 Å². The van der Waals surface area contributed by atoms with Gasteiger partial charge in [0.15, 0.2) is 0 Å². The zero-order valence-corrected chi connectivity index (χ0v) is 12.5. The number of nitrogens with one attached hydrogen (secondary N) is 1. The van der Waals surface area contributed by atoms with Crippen molar-refractivity contribution < 1.29 is 4.79 Å². The van der Waals surface area contributed by atoms with Crippen molar-refractivity contribution in [3.8, 4) is 0 Å². The molecule has 0 spiro atoms. The molecule has 3 N–H and O–H groups in total. The molecule has 0 aliphatic heterocycles. The van der Waals surface area contributed by atoms with Gasteiger partial charge in [-0.3, -0.25) is 10.2 Å². The molecule has 4 nitrogen and oxygen atoms in total. The molecule has 0 radical (unpaired) electrons. The molecule has 1 aromatic carbocycles. The van der Waals surface area contributed by atoms with Crippen LogP contribution in [0.5, 0.6) is 0 Å². The summed E-state index contributed by atoms with van der Waals surface area (Å²) in [6.45, 7) is 5.76. The van der Waals surface area contributed by atoms with E-state index in [9.17, 15) is 4.79 Å². The monoisotopic (exact) mass is 289 g/mol. The zero-order chi connectivity index (χ0) is 14.5. The van der Waals surface area contributed by atoms with Crippen LogP contribution in [0.3, 0.4) is 0 Å². The Labute approximate surface area is 123 Å². The molecule has 0 aliphatic carbocycles. The number of aryl methyl sites for hydroxylation is 1. The fraction of sp³-hybridized carbons (Fsp3) is 0.267. The number of thiophene rings is 1. The second-order valence-electron chi connectivity index (χ2n) is 4.60. The largest absolute Gasteiger partial charge is 0.367 e. The molecule has 0 saturated carbocycles. The summed E-state index contributed by atoms with van der Waals surface area (Å²) in [4.78, 5) is 14.6. The quantitative estimate of drug-likeness (QED) is 0.505. The third-order valence-corrected chi connectivity index (χ3v) is 4.18. The van der Waals surface area contributed by atoms with E-state index < -0.39 is 0 Å². The zero-order valence-electron chi connectivity index (χ0n) is 11.7. The van der Waals surface area contributed by atoms with Crippen molar-refractivity contribution >= 4 is 22.9 Å². The molecule has 5 heteroatoms. The number of benzene rings is 1. The minimum Gasteiger partial charge on any atom is -0.367 e. The molecule has 20 heavy (non-hydrogen) atoms. The minimum absolute atomic E-state index is 0.227. The van der Waals surface area contributed by atoms with E-state index in [0.717, 1.165) is 17.8 Å². The van der Waals surface area contributed by atoms with E-state index >= 15 is 0 Å². The van der Waals surface area contributed by atoms with Gasteiger partial charge in [-0.05, 0) is 43.0 Å². The number of hydrazine groups is 1. The molecule has 0 atom stereocenters. The maximum absolute atomic E-state index is 11.7. The summed E-state index contributed by atoms with van der Waals surface area (Å²) in [5.41, 5.74) is 5.59. The van der Waals surface area contributed by atoms with Crippen LogP contribution in [-0.4, -0.2) is 12.5 Å². The van der Waals surface area contributed by atoms with E-state index in [1.54, 1.807) is 0 Å². The fourth-order valence-electron chi connectivity index (χ4n) is 2.07. The van der Waals surface area contributed by atoms with Crippen LogP contribution >= 0.6 is 11.3 Å². The van der Waals surface area contributed by atoms with Gasteiger partial charge in [0, 0.05) is 18.8 Å². The highest BCUT2D eigenvalue weighted by atomic mass is 32.1. The van der Waals surface area contributed by atoms with Crippen molar-refractivity contribution in [2.24, 2.45) is 5.84 Å². The van der Waals surface area contributed by atoms with E-state index in [-0.39, 0.29) is 5.91 Å². The fourth-order valence-corrected chi connectivity index (χ4v) is 2.89. The number of carbonyl (C=O) groups excluding carboxylic acids is 1. The molecular weight excluding hydrogens is 270 g/mol. The van der Waals surface area contributed by atoms with E-state index in [0.29, 0.717) is 11.4 Å². The number of hydrogen-bond acceptors (Lipinski definition) is 4. The molecule has 0 unspecified atom stereocenters. The predicted octanol–water partition coefficient (Wildman–Crippen LogP) is 2.69. The third-order valence-electron chi connectivity index (χ3n) is 3.23. The Morgan fingerprint density at radius 1 is 1.30 bits per heavy atom. The first kappa shape index (κ1) is 14.6. The maximum atomic E-state index is 11.7. The Balaban J connectivity index is 2.20. The lowest BCUT2D eigenvalue weighted by atomic mass is 10.2. The molecule has 1 amide bonds. The average molecular weight is 289 g/mol. The lowest BCUT2D eigenvalue weighted by molar-refractivity contribution is 0.0957. The van der Waals surface area contributed by atoms with Crippen LogP contribution in [0.2, 0.25) is 0 Å². The van der Waals surface area contributed by atoms with Crippen LogP contribution < -0.4 is 16.2 Å². The van der Waals surface area contributed by atoms with Gasteiger partial charge in [-0.25, -0.2) is 5.84 Å². The highest BCUT2D eigenvalue weighted by Crippen LogP contribution is 2.22. The minimum atomic E-state index is -0.227. The van der Waals surface area contributed by atoms with Gasteiger partial charge in [0.2, 0.25) is 0 Å². The van der Waals surface area contributed by atoms with Gasteiger partial charge in [-0.2, -0.15) is 0 Å². The lowest BCUT2D eigenvalue weighted by Gasteiger charge is -2.23. The molecule has 1 aromatic heterocycles. The van der Waals surface area contributed by atoms with Crippen molar-refractivity contribution in [3.05, 3.63) is 51.7 Å². The Kier molecular flexibility index (Phi) is 4.76. The number of amides is 1. The highest BCUT2D eigenvalue weighted by molar-refractivity contribution is 7.12. The smallest absolute Gasteiger partial charge is 0.275 e. The predicted molar refractivity (Wildman–Crippen MR) is 83.9 cm³/mol. The Hall–Kier alpha value is -1.85. The maximum Gasteiger partial charge on any atom is 0.275 e. The van der Waals surface area contributed by atoms with Gasteiger partial charge in [0.25, 0.3) is 5.91 Å². The normalized spacial score (nSPS) is 10.3. The van der Waals surface area contributed by atoms with Crippen molar-refractivity contribution in [2.45, 2.75) is 20.4 Å². The molecule has 0 aliphatic rings. The summed E-state index contributed by atoms with van der Waals surface area (Å²) in [7, 11) is 0. The molecular formula is C15H19N3OS. The van der Waals surface area contributed by atoms with Crippen LogP contribution in [0.25, 0.3) is 0 Å². The second kappa shape index (κ2) is 6.54. The summed E-state index contributed by atoms with van der Waals surface area (Å²) in [6.07, 6.45) is 0. The summed E-state index contributed by atoms with van der Waals surface area (Å²) in [5, 5.41) is 1.92. The van der Waals surface area contributed by atoms with Gasteiger partial charge in [-0.1, -0.05) is 17.7 Å². The number of anilines is 1. The van der Waals surface area contributed by atoms with Crippen LogP contribution in [-0.2, 0) is 6.54 Å². The van der Waals surface area contributed by atoms with E-state index in [2.05, 4.69) is 48.4 Å². The number of carbonyl (C=O) groups is 1. The van der Waals surface area contributed by atoms with E-state index in [1.807, 2.05) is 11.4 Å². The number of hydrogen-bond donors (Lipinski definition) is 2. The Morgan fingerprint density at radius 2 is 2.00 bits per heavy atom. The molecule has 0 fully saturated rings. The molecule has 1 heterocycles.